The van der Waals surface area contributed by atoms with E-state index in [9.17, 15) is 22.5 Å². The zero-order chi connectivity index (χ0) is 16.1. The maximum absolute atomic E-state index is 11.8. The molecule has 0 heterocycles. The van der Waals surface area contributed by atoms with E-state index in [1.165, 1.54) is 13.3 Å². The third-order valence-electron chi connectivity index (χ3n) is 2.89. The van der Waals surface area contributed by atoms with Crippen LogP contribution in [0.15, 0.2) is 0 Å². The lowest BCUT2D eigenvalue weighted by molar-refractivity contribution is -0.125. The molecule has 0 saturated heterocycles. The first kappa shape index (κ1) is 19.5. The molecule has 0 fully saturated rings. The van der Waals surface area contributed by atoms with Crippen molar-refractivity contribution >= 4 is 26.7 Å². The molecule has 1 amide bonds. The van der Waals surface area contributed by atoms with Gasteiger partial charge in [0.05, 0.1) is 18.4 Å². The Balaban J connectivity index is 4.43. The van der Waals surface area contributed by atoms with Gasteiger partial charge < -0.3 is 10.4 Å². The molecule has 0 aliphatic carbocycles. The fraction of sp³-hybridized carbons (Fsp3) is 0.909. The van der Waals surface area contributed by atoms with Gasteiger partial charge in [0.25, 0.3) is 0 Å². The lowest BCUT2D eigenvalue weighted by Gasteiger charge is -2.25. The first-order valence-corrected chi connectivity index (χ1v) is 9.72. The molecule has 0 aromatic rings. The van der Waals surface area contributed by atoms with E-state index in [0.717, 1.165) is 10.6 Å². The number of carbonyl (C=O) groups excluding carboxylic acids is 1. The van der Waals surface area contributed by atoms with E-state index >= 15 is 0 Å². The molecule has 0 aliphatic heterocycles. The maximum atomic E-state index is 11.8. The summed E-state index contributed by atoms with van der Waals surface area (Å²) in [5.41, 5.74) is 0. The van der Waals surface area contributed by atoms with Crippen LogP contribution in [0.25, 0.3) is 0 Å². The van der Waals surface area contributed by atoms with Crippen LogP contribution in [0.2, 0.25) is 0 Å². The van der Waals surface area contributed by atoms with E-state index in [0.29, 0.717) is 0 Å². The van der Waals surface area contributed by atoms with Crippen molar-refractivity contribution < 1.29 is 22.5 Å². The van der Waals surface area contributed by atoms with Gasteiger partial charge in [-0.3, -0.25) is 9.00 Å². The van der Waals surface area contributed by atoms with Gasteiger partial charge in [0.15, 0.2) is 0 Å². The van der Waals surface area contributed by atoms with Crippen molar-refractivity contribution in [1.82, 2.24) is 9.62 Å². The maximum Gasteiger partial charge on any atom is 0.224 e. The smallest absolute Gasteiger partial charge is 0.224 e. The number of sulfonamides is 1. The van der Waals surface area contributed by atoms with Crippen LogP contribution in [-0.2, 0) is 25.6 Å². The number of aliphatic hydroxyl groups is 1. The number of rotatable bonds is 8. The first-order valence-electron chi connectivity index (χ1n) is 6.15. The quantitative estimate of drug-likeness (QED) is 0.580. The zero-order valence-electron chi connectivity index (χ0n) is 12.5. The highest BCUT2D eigenvalue weighted by Gasteiger charge is 2.24. The monoisotopic (exact) mass is 328 g/mol. The Hall–Kier alpha value is -0.510. The molecular weight excluding hydrogens is 304 g/mol. The van der Waals surface area contributed by atoms with E-state index in [1.54, 1.807) is 13.8 Å². The highest BCUT2D eigenvalue weighted by Crippen LogP contribution is 2.03. The lowest BCUT2D eigenvalue weighted by atomic mass is 10.1. The van der Waals surface area contributed by atoms with Crippen LogP contribution in [0.5, 0.6) is 0 Å². The molecule has 0 spiro atoms. The van der Waals surface area contributed by atoms with Crippen molar-refractivity contribution in [1.29, 1.82) is 0 Å². The predicted molar refractivity (Wildman–Crippen MR) is 79.2 cm³/mol. The molecule has 2 N–H and O–H groups in total. The SMILES string of the molecule is CC(CS(C)=O)C(=O)NC(C)C(O)CN(C)S(C)(=O)=O. The molecule has 0 aliphatic rings. The highest BCUT2D eigenvalue weighted by molar-refractivity contribution is 7.88. The highest BCUT2D eigenvalue weighted by atomic mass is 32.2. The lowest BCUT2D eigenvalue weighted by Crippen LogP contribution is -2.48. The van der Waals surface area contributed by atoms with Crippen LogP contribution in [0.3, 0.4) is 0 Å². The normalized spacial score (nSPS) is 18.4. The second-order valence-electron chi connectivity index (χ2n) is 5.05. The molecular formula is C11H24N2O5S2. The van der Waals surface area contributed by atoms with E-state index in [1.807, 2.05) is 0 Å². The number of likely N-dealkylation sites (N-methyl/N-ethyl adjacent to an activating group) is 1. The Morgan fingerprint density at radius 1 is 1.40 bits per heavy atom. The zero-order valence-corrected chi connectivity index (χ0v) is 14.1. The first-order chi connectivity index (χ1) is 8.95. The summed E-state index contributed by atoms with van der Waals surface area (Å²) < 4.78 is 34.5. The molecule has 9 heteroatoms. The third kappa shape index (κ3) is 7.32. The largest absolute Gasteiger partial charge is 0.390 e. The molecule has 0 bridgehead atoms. The molecule has 0 aromatic carbocycles. The standard InChI is InChI=1S/C11H24N2O5S2/c1-8(7-19(4)16)11(15)12-9(2)10(14)6-13(3)20(5,17)18/h8-10,14H,6-7H2,1-5H3,(H,12,15). The van der Waals surface area contributed by atoms with E-state index < -0.39 is 38.9 Å². The summed E-state index contributed by atoms with van der Waals surface area (Å²) >= 11 is 0. The minimum atomic E-state index is -3.37. The Morgan fingerprint density at radius 2 is 1.90 bits per heavy atom. The third-order valence-corrected chi connectivity index (χ3v) is 5.14. The van der Waals surface area contributed by atoms with Gasteiger partial charge in [-0.15, -0.1) is 0 Å². The van der Waals surface area contributed by atoms with Crippen LogP contribution in [0.4, 0.5) is 0 Å². The Labute approximate surface area is 123 Å². The van der Waals surface area contributed by atoms with Crippen molar-refractivity contribution in [3.63, 3.8) is 0 Å². The van der Waals surface area contributed by atoms with Gasteiger partial charge in [0, 0.05) is 42.3 Å². The molecule has 4 unspecified atom stereocenters. The molecule has 20 heavy (non-hydrogen) atoms. The molecule has 0 rings (SSSR count). The summed E-state index contributed by atoms with van der Waals surface area (Å²) in [6.45, 7) is 3.14. The number of aliphatic hydroxyl groups excluding tert-OH is 1. The Bertz CT molecular complexity index is 452. The van der Waals surface area contributed by atoms with Crippen LogP contribution in [0.1, 0.15) is 13.8 Å². The number of hydrogen-bond donors (Lipinski definition) is 2. The van der Waals surface area contributed by atoms with Crippen molar-refractivity contribution in [2.24, 2.45) is 5.92 Å². The predicted octanol–water partition coefficient (Wildman–Crippen LogP) is -1.24. The van der Waals surface area contributed by atoms with Gasteiger partial charge in [-0.25, -0.2) is 12.7 Å². The molecule has 0 saturated carbocycles. The number of nitrogens with zero attached hydrogens (tertiary/aromatic N) is 1. The summed E-state index contributed by atoms with van der Waals surface area (Å²) in [6.07, 6.45) is 1.54. The van der Waals surface area contributed by atoms with Crippen molar-refractivity contribution in [2.75, 3.05) is 31.9 Å². The molecule has 120 valence electrons. The molecule has 4 atom stereocenters. The molecule has 7 nitrogen and oxygen atoms in total. The second-order valence-corrected chi connectivity index (χ2v) is 8.62. The number of nitrogens with one attached hydrogen (secondary N) is 1. The van der Waals surface area contributed by atoms with E-state index in [2.05, 4.69) is 5.32 Å². The Morgan fingerprint density at radius 3 is 2.30 bits per heavy atom. The average Bonchev–Trinajstić information content (AvgIpc) is 2.26. The van der Waals surface area contributed by atoms with Gasteiger partial charge in [0.1, 0.15) is 0 Å². The summed E-state index contributed by atoms with van der Waals surface area (Å²) in [5, 5.41) is 12.5. The number of carbonyl (C=O) groups is 1. The fourth-order valence-electron chi connectivity index (χ4n) is 1.45. The Kier molecular flexibility index (Phi) is 7.85. The van der Waals surface area contributed by atoms with Crippen LogP contribution >= 0.6 is 0 Å². The summed E-state index contributed by atoms with van der Waals surface area (Å²) in [6, 6.07) is -0.598. The topological polar surface area (TPSA) is 104 Å². The van der Waals surface area contributed by atoms with Gasteiger partial charge in [-0.2, -0.15) is 0 Å². The van der Waals surface area contributed by atoms with Crippen LogP contribution in [-0.4, -0.2) is 71.9 Å². The van der Waals surface area contributed by atoms with Gasteiger partial charge in [0.2, 0.25) is 15.9 Å². The molecule has 0 aromatic heterocycles. The fourth-order valence-corrected chi connectivity index (χ4v) is 2.73. The number of hydrogen-bond acceptors (Lipinski definition) is 5. The van der Waals surface area contributed by atoms with Crippen molar-refractivity contribution in [3.05, 3.63) is 0 Å². The van der Waals surface area contributed by atoms with Gasteiger partial charge in [-0.05, 0) is 6.92 Å². The van der Waals surface area contributed by atoms with E-state index in [-0.39, 0.29) is 18.2 Å². The number of amides is 1. The van der Waals surface area contributed by atoms with Crippen LogP contribution in [0, 0.1) is 5.92 Å². The van der Waals surface area contributed by atoms with Crippen molar-refractivity contribution in [3.8, 4) is 0 Å². The molecule has 0 radical (unpaired) electrons. The summed E-state index contributed by atoms with van der Waals surface area (Å²) in [7, 11) is -3.09. The van der Waals surface area contributed by atoms with Gasteiger partial charge >= 0.3 is 0 Å². The van der Waals surface area contributed by atoms with Crippen molar-refractivity contribution in [2.45, 2.75) is 26.0 Å². The van der Waals surface area contributed by atoms with E-state index in [4.69, 9.17) is 0 Å². The van der Waals surface area contributed by atoms with Gasteiger partial charge in [-0.1, -0.05) is 6.92 Å². The minimum absolute atomic E-state index is 0.103. The van der Waals surface area contributed by atoms with Crippen LogP contribution < -0.4 is 5.32 Å². The minimum Gasteiger partial charge on any atom is -0.390 e. The second kappa shape index (κ2) is 8.06. The summed E-state index contributed by atoms with van der Waals surface area (Å²) in [5.74, 6) is -0.491. The summed E-state index contributed by atoms with van der Waals surface area (Å²) in [4.78, 5) is 11.8. The average molecular weight is 328 g/mol.